The van der Waals surface area contributed by atoms with Gasteiger partial charge in [0.15, 0.2) is 0 Å². The van der Waals surface area contributed by atoms with E-state index in [0.29, 0.717) is 35.4 Å². The van der Waals surface area contributed by atoms with Crippen LogP contribution in [0, 0.1) is 13.8 Å². The summed E-state index contributed by atoms with van der Waals surface area (Å²) in [5.74, 6) is -0.277. The van der Waals surface area contributed by atoms with Gasteiger partial charge >= 0.3 is 6.18 Å². The summed E-state index contributed by atoms with van der Waals surface area (Å²) in [5.41, 5.74) is 2.01. The number of carbonyl (C=O) groups is 1. The smallest absolute Gasteiger partial charge is 0.325 e. The average molecular weight is 410 g/mol. The number of hydrogen-bond acceptors (Lipinski definition) is 2. The molecule has 0 saturated heterocycles. The van der Waals surface area contributed by atoms with Crippen molar-refractivity contribution in [2.75, 3.05) is 5.32 Å². The summed E-state index contributed by atoms with van der Waals surface area (Å²) in [6.45, 7) is 3.59. The maximum atomic E-state index is 13.5. The molecular weight excluding hydrogens is 389 g/mol. The van der Waals surface area contributed by atoms with Crippen LogP contribution in [0.3, 0.4) is 0 Å². The van der Waals surface area contributed by atoms with Crippen molar-refractivity contribution in [3.8, 4) is 11.1 Å². The van der Waals surface area contributed by atoms with Crippen LogP contribution >= 0.6 is 0 Å². The number of pyridine rings is 1. The van der Waals surface area contributed by atoms with Gasteiger partial charge in [0.1, 0.15) is 0 Å². The summed E-state index contributed by atoms with van der Waals surface area (Å²) in [6.07, 6.45) is -3.17. The Kier molecular flexibility index (Phi) is 4.88. The molecule has 3 nitrogen and oxygen atoms in total. The molecule has 0 bridgehead atoms. The zero-order valence-electron chi connectivity index (χ0n) is 16.7. The monoisotopic (exact) mass is 410 g/mol. The predicted octanol–water partition coefficient (Wildman–Crippen LogP) is 6.05. The number of rotatable bonds is 4. The van der Waals surface area contributed by atoms with E-state index < -0.39 is 17.2 Å². The van der Waals surface area contributed by atoms with Crippen LogP contribution < -0.4 is 5.32 Å². The second-order valence-corrected chi connectivity index (χ2v) is 7.84. The Labute approximate surface area is 173 Å². The van der Waals surface area contributed by atoms with Crippen molar-refractivity contribution < 1.29 is 18.0 Å². The van der Waals surface area contributed by atoms with Crippen LogP contribution in [0.25, 0.3) is 11.1 Å². The summed E-state index contributed by atoms with van der Waals surface area (Å²) in [7, 11) is 0. The minimum absolute atomic E-state index is 0.138. The fourth-order valence-electron chi connectivity index (χ4n) is 3.81. The van der Waals surface area contributed by atoms with Gasteiger partial charge in [-0.1, -0.05) is 30.3 Å². The van der Waals surface area contributed by atoms with Crippen molar-refractivity contribution in [3.05, 3.63) is 83.2 Å². The lowest BCUT2D eigenvalue weighted by Crippen LogP contribution is -2.28. The second-order valence-electron chi connectivity index (χ2n) is 7.84. The molecule has 30 heavy (non-hydrogen) atoms. The third kappa shape index (κ3) is 3.95. The molecular formula is C24H21F3N2O. The first-order valence-corrected chi connectivity index (χ1v) is 9.72. The van der Waals surface area contributed by atoms with Gasteiger partial charge in [0, 0.05) is 17.1 Å². The number of carbonyl (C=O) groups excluding carboxylic acids is 1. The largest absolute Gasteiger partial charge is 0.416 e. The van der Waals surface area contributed by atoms with Crippen LogP contribution in [0.15, 0.2) is 60.7 Å². The summed E-state index contributed by atoms with van der Waals surface area (Å²) in [5, 5.41) is 2.74. The highest BCUT2D eigenvalue weighted by atomic mass is 19.4. The van der Waals surface area contributed by atoms with Crippen molar-refractivity contribution in [2.24, 2.45) is 0 Å². The van der Waals surface area contributed by atoms with Gasteiger partial charge in [-0.05, 0) is 73.7 Å². The molecule has 154 valence electrons. The molecule has 1 amide bonds. The summed E-state index contributed by atoms with van der Waals surface area (Å²) < 4.78 is 40.6. The van der Waals surface area contributed by atoms with Gasteiger partial charge in [-0.3, -0.25) is 9.78 Å². The van der Waals surface area contributed by atoms with Crippen molar-refractivity contribution >= 4 is 11.6 Å². The topological polar surface area (TPSA) is 42.0 Å². The molecule has 1 aromatic heterocycles. The molecule has 0 unspecified atom stereocenters. The molecule has 0 aliphatic heterocycles. The number of benzene rings is 2. The Balaban J connectivity index is 1.72. The highest BCUT2D eigenvalue weighted by Gasteiger charge is 2.51. The van der Waals surface area contributed by atoms with Gasteiger partial charge in [0.2, 0.25) is 5.91 Å². The number of nitrogens with one attached hydrogen (secondary N) is 1. The average Bonchev–Trinajstić information content (AvgIpc) is 3.49. The molecule has 0 radical (unpaired) electrons. The second kappa shape index (κ2) is 7.27. The van der Waals surface area contributed by atoms with Gasteiger partial charge in [0.25, 0.3) is 0 Å². The molecule has 1 aliphatic rings. The van der Waals surface area contributed by atoms with Crippen LogP contribution in [-0.4, -0.2) is 10.9 Å². The van der Waals surface area contributed by atoms with E-state index in [4.69, 9.17) is 0 Å². The quantitative estimate of drug-likeness (QED) is 0.569. The predicted molar refractivity (Wildman–Crippen MR) is 110 cm³/mol. The maximum absolute atomic E-state index is 13.5. The zero-order valence-corrected chi connectivity index (χ0v) is 16.7. The van der Waals surface area contributed by atoms with Gasteiger partial charge < -0.3 is 5.32 Å². The Morgan fingerprint density at radius 1 is 0.933 bits per heavy atom. The fourth-order valence-corrected chi connectivity index (χ4v) is 3.81. The summed E-state index contributed by atoms with van der Waals surface area (Å²) in [6, 6.07) is 16.5. The lowest BCUT2D eigenvalue weighted by Gasteiger charge is -2.18. The standard InChI is InChI=1S/C24H21F3N2O/c1-15-10-17(11-16(2)28-15)18-12-20(24(25,26)27)14-21(13-18)29-22(30)23(8-9-23)19-6-4-3-5-7-19/h3-7,10-14H,8-9H2,1-2H3,(H,29,30). The van der Waals surface area contributed by atoms with Gasteiger partial charge in [-0.25, -0.2) is 0 Å². The number of aromatic nitrogens is 1. The van der Waals surface area contributed by atoms with Crippen LogP contribution in [0.1, 0.15) is 35.4 Å². The van der Waals surface area contributed by atoms with E-state index in [1.54, 1.807) is 32.0 Å². The third-order valence-electron chi connectivity index (χ3n) is 5.44. The number of amides is 1. The molecule has 3 aromatic rings. The van der Waals surface area contributed by atoms with Crippen molar-refractivity contribution in [3.63, 3.8) is 0 Å². The summed E-state index contributed by atoms with van der Waals surface area (Å²) >= 11 is 0. The van der Waals surface area contributed by atoms with Crippen LogP contribution in [0.4, 0.5) is 18.9 Å². The number of aryl methyl sites for hydroxylation is 2. The highest BCUT2D eigenvalue weighted by Crippen LogP contribution is 2.49. The van der Waals surface area contributed by atoms with E-state index in [1.165, 1.54) is 0 Å². The van der Waals surface area contributed by atoms with E-state index in [-0.39, 0.29) is 11.6 Å². The van der Waals surface area contributed by atoms with Gasteiger partial charge in [0.05, 0.1) is 11.0 Å². The van der Waals surface area contributed by atoms with E-state index >= 15 is 0 Å². The maximum Gasteiger partial charge on any atom is 0.416 e. The van der Waals surface area contributed by atoms with Crippen molar-refractivity contribution in [2.45, 2.75) is 38.3 Å². The lowest BCUT2D eigenvalue weighted by molar-refractivity contribution is -0.137. The van der Waals surface area contributed by atoms with Crippen molar-refractivity contribution in [1.82, 2.24) is 4.98 Å². The van der Waals surface area contributed by atoms with E-state index in [0.717, 1.165) is 17.7 Å². The fraction of sp³-hybridized carbons (Fsp3) is 0.250. The molecule has 4 rings (SSSR count). The number of anilines is 1. The summed E-state index contributed by atoms with van der Waals surface area (Å²) in [4.78, 5) is 17.3. The molecule has 1 aliphatic carbocycles. The number of alkyl halides is 3. The van der Waals surface area contributed by atoms with Crippen LogP contribution in [0.2, 0.25) is 0 Å². The molecule has 0 atom stereocenters. The minimum Gasteiger partial charge on any atom is -0.325 e. The first kappa shape index (κ1) is 20.1. The minimum atomic E-state index is -4.52. The Bertz CT molecular complexity index is 1080. The van der Waals surface area contributed by atoms with E-state index in [9.17, 15) is 18.0 Å². The first-order valence-electron chi connectivity index (χ1n) is 9.72. The molecule has 2 aromatic carbocycles. The Morgan fingerprint density at radius 3 is 2.10 bits per heavy atom. The normalized spacial score (nSPS) is 15.0. The van der Waals surface area contributed by atoms with Crippen LogP contribution in [0.5, 0.6) is 0 Å². The Morgan fingerprint density at radius 2 is 1.53 bits per heavy atom. The number of hydrogen-bond donors (Lipinski definition) is 1. The zero-order chi connectivity index (χ0) is 21.5. The molecule has 0 spiro atoms. The van der Waals surface area contributed by atoms with E-state index in [1.807, 2.05) is 30.3 Å². The lowest BCUT2D eigenvalue weighted by atomic mass is 9.94. The van der Waals surface area contributed by atoms with E-state index in [2.05, 4.69) is 10.3 Å². The molecule has 1 fully saturated rings. The van der Waals surface area contributed by atoms with Gasteiger partial charge in [-0.15, -0.1) is 0 Å². The highest BCUT2D eigenvalue weighted by molar-refractivity contribution is 6.01. The molecule has 6 heteroatoms. The third-order valence-corrected chi connectivity index (χ3v) is 5.44. The number of halogens is 3. The molecule has 1 N–H and O–H groups in total. The van der Waals surface area contributed by atoms with Crippen LogP contribution in [-0.2, 0) is 16.4 Å². The molecule has 1 saturated carbocycles. The SMILES string of the molecule is Cc1cc(-c2cc(NC(=O)C3(c4ccccc4)CC3)cc(C(F)(F)F)c2)cc(C)n1. The van der Waals surface area contributed by atoms with Crippen molar-refractivity contribution in [1.29, 1.82) is 0 Å². The number of nitrogens with zero attached hydrogens (tertiary/aromatic N) is 1. The Hall–Kier alpha value is -3.15. The first-order chi connectivity index (χ1) is 14.2. The molecule has 1 heterocycles. The van der Waals surface area contributed by atoms with Gasteiger partial charge in [-0.2, -0.15) is 13.2 Å².